The van der Waals surface area contributed by atoms with Gasteiger partial charge in [-0.3, -0.25) is 0 Å². The number of carboxylic acid groups (broad SMARTS) is 1. The summed E-state index contributed by atoms with van der Waals surface area (Å²) in [5.41, 5.74) is 0.650. The molecular formula is C16H14F2O3. The molecule has 3 nitrogen and oxygen atoms in total. The van der Waals surface area contributed by atoms with Gasteiger partial charge in [0.05, 0.1) is 6.61 Å². The fraction of sp³-hybridized carbons (Fsp3) is 0.188. The highest BCUT2D eigenvalue weighted by molar-refractivity contribution is 5.92. The fourth-order valence-corrected chi connectivity index (χ4v) is 1.94. The summed E-state index contributed by atoms with van der Waals surface area (Å²) in [4.78, 5) is 11.3. The highest BCUT2D eigenvalue weighted by Gasteiger charge is 2.14. The monoisotopic (exact) mass is 292 g/mol. The van der Waals surface area contributed by atoms with E-state index in [0.29, 0.717) is 12.2 Å². The van der Waals surface area contributed by atoms with Gasteiger partial charge < -0.3 is 9.84 Å². The van der Waals surface area contributed by atoms with Crippen LogP contribution in [0.2, 0.25) is 0 Å². The highest BCUT2D eigenvalue weighted by atomic mass is 19.1. The lowest BCUT2D eigenvalue weighted by Gasteiger charge is -2.10. The lowest BCUT2D eigenvalue weighted by Crippen LogP contribution is -2.04. The van der Waals surface area contributed by atoms with Gasteiger partial charge >= 0.3 is 5.97 Å². The maximum Gasteiger partial charge on any atom is 0.339 e. The molecule has 0 saturated carbocycles. The Labute approximate surface area is 120 Å². The average Bonchev–Trinajstić information content (AvgIpc) is 2.43. The van der Waals surface area contributed by atoms with Crippen LogP contribution in [0.15, 0.2) is 36.4 Å². The van der Waals surface area contributed by atoms with Crippen molar-refractivity contribution in [1.29, 1.82) is 0 Å². The van der Waals surface area contributed by atoms with Gasteiger partial charge in [0, 0.05) is 6.07 Å². The third kappa shape index (κ3) is 3.56. The van der Waals surface area contributed by atoms with Crippen LogP contribution >= 0.6 is 0 Å². The van der Waals surface area contributed by atoms with Crippen LogP contribution in [0.4, 0.5) is 8.78 Å². The summed E-state index contributed by atoms with van der Waals surface area (Å²) in [6.45, 7) is 2.30. The minimum absolute atomic E-state index is 0.0365. The maximum atomic E-state index is 13.2. The van der Waals surface area contributed by atoms with Crippen molar-refractivity contribution < 1.29 is 23.4 Å². The van der Waals surface area contributed by atoms with E-state index in [2.05, 4.69) is 0 Å². The predicted molar refractivity (Wildman–Crippen MR) is 74.5 cm³/mol. The molecule has 2 aromatic carbocycles. The molecule has 2 rings (SSSR count). The third-order valence-electron chi connectivity index (χ3n) is 2.87. The quantitative estimate of drug-likeness (QED) is 0.901. The van der Waals surface area contributed by atoms with Crippen molar-refractivity contribution in [3.63, 3.8) is 0 Å². The topological polar surface area (TPSA) is 46.5 Å². The molecule has 5 heteroatoms. The van der Waals surface area contributed by atoms with E-state index in [1.165, 1.54) is 12.1 Å². The first kappa shape index (κ1) is 15.0. The van der Waals surface area contributed by atoms with Gasteiger partial charge in [0.1, 0.15) is 22.9 Å². The molecule has 0 amide bonds. The lowest BCUT2D eigenvalue weighted by molar-refractivity contribution is 0.0692. The molecule has 110 valence electrons. The Bertz CT molecular complexity index is 648. The average molecular weight is 292 g/mol. The van der Waals surface area contributed by atoms with Crippen LogP contribution in [0.25, 0.3) is 11.1 Å². The zero-order chi connectivity index (χ0) is 15.4. The van der Waals surface area contributed by atoms with Crippen LogP contribution < -0.4 is 4.74 Å². The zero-order valence-electron chi connectivity index (χ0n) is 11.4. The number of aromatic carboxylic acids is 1. The Kier molecular flexibility index (Phi) is 4.52. The summed E-state index contributed by atoms with van der Waals surface area (Å²) in [5.74, 6) is -2.34. The van der Waals surface area contributed by atoms with Crippen LogP contribution in [-0.4, -0.2) is 17.7 Å². The Hall–Kier alpha value is -2.43. The van der Waals surface area contributed by atoms with Gasteiger partial charge in [-0.25, -0.2) is 13.6 Å². The van der Waals surface area contributed by atoms with Crippen LogP contribution in [0.5, 0.6) is 5.75 Å². The maximum absolute atomic E-state index is 13.2. The SMILES string of the molecule is CCCOc1ccc(-c2cc(F)cc(F)c2)cc1C(=O)O. The van der Waals surface area contributed by atoms with E-state index in [0.717, 1.165) is 24.6 Å². The highest BCUT2D eigenvalue weighted by Crippen LogP contribution is 2.28. The molecular weight excluding hydrogens is 278 g/mol. The summed E-state index contributed by atoms with van der Waals surface area (Å²) in [7, 11) is 0. The predicted octanol–water partition coefficient (Wildman–Crippen LogP) is 4.12. The molecule has 0 saturated heterocycles. The molecule has 0 aliphatic rings. The molecule has 0 aromatic heterocycles. The van der Waals surface area contributed by atoms with Gasteiger partial charge in [-0.05, 0) is 41.8 Å². The summed E-state index contributed by atoms with van der Waals surface area (Å²) < 4.78 is 31.8. The molecule has 0 radical (unpaired) electrons. The largest absolute Gasteiger partial charge is 0.493 e. The molecule has 0 bridgehead atoms. The minimum atomic E-state index is -1.15. The number of hydrogen-bond donors (Lipinski definition) is 1. The van der Waals surface area contributed by atoms with Crippen molar-refractivity contribution in [1.82, 2.24) is 0 Å². The van der Waals surface area contributed by atoms with E-state index in [4.69, 9.17) is 4.74 Å². The standard InChI is InChI=1S/C16H14F2O3/c1-2-5-21-15-4-3-10(8-14(15)16(19)20)11-6-12(17)9-13(18)7-11/h3-4,6-9H,2,5H2,1H3,(H,19,20). The number of ether oxygens (including phenoxy) is 1. The van der Waals surface area contributed by atoms with Gasteiger partial charge in [0.15, 0.2) is 0 Å². The number of rotatable bonds is 5. The van der Waals surface area contributed by atoms with Gasteiger partial charge in [0.25, 0.3) is 0 Å². The molecule has 0 atom stereocenters. The fourth-order valence-electron chi connectivity index (χ4n) is 1.94. The Morgan fingerprint density at radius 2 is 1.76 bits per heavy atom. The number of carboxylic acids is 1. The smallest absolute Gasteiger partial charge is 0.339 e. The molecule has 1 N–H and O–H groups in total. The van der Waals surface area contributed by atoms with Crippen molar-refractivity contribution in [2.75, 3.05) is 6.61 Å². The second-order valence-electron chi connectivity index (χ2n) is 4.52. The van der Waals surface area contributed by atoms with E-state index in [-0.39, 0.29) is 16.9 Å². The van der Waals surface area contributed by atoms with Crippen molar-refractivity contribution >= 4 is 5.97 Å². The van der Waals surface area contributed by atoms with Crippen molar-refractivity contribution in [3.8, 4) is 16.9 Å². The number of benzene rings is 2. The second kappa shape index (κ2) is 6.35. The van der Waals surface area contributed by atoms with E-state index in [9.17, 15) is 18.7 Å². The summed E-state index contributed by atoms with van der Waals surface area (Å²) >= 11 is 0. The molecule has 0 aliphatic carbocycles. The van der Waals surface area contributed by atoms with E-state index >= 15 is 0 Å². The van der Waals surface area contributed by atoms with E-state index < -0.39 is 17.6 Å². The molecule has 0 heterocycles. The first-order valence-corrected chi connectivity index (χ1v) is 6.48. The van der Waals surface area contributed by atoms with Crippen LogP contribution in [0.1, 0.15) is 23.7 Å². The van der Waals surface area contributed by atoms with Gasteiger partial charge in [0.2, 0.25) is 0 Å². The van der Waals surface area contributed by atoms with Crippen LogP contribution in [-0.2, 0) is 0 Å². The van der Waals surface area contributed by atoms with Crippen molar-refractivity contribution in [3.05, 3.63) is 53.6 Å². The Morgan fingerprint density at radius 3 is 2.33 bits per heavy atom. The first-order chi connectivity index (χ1) is 10.0. The molecule has 0 aliphatic heterocycles. The van der Waals surface area contributed by atoms with Crippen molar-refractivity contribution in [2.45, 2.75) is 13.3 Å². The van der Waals surface area contributed by atoms with Crippen molar-refractivity contribution in [2.24, 2.45) is 0 Å². The zero-order valence-corrected chi connectivity index (χ0v) is 11.4. The normalized spacial score (nSPS) is 10.4. The van der Waals surface area contributed by atoms with Crippen LogP contribution in [0.3, 0.4) is 0 Å². The molecule has 2 aromatic rings. The minimum Gasteiger partial charge on any atom is -0.493 e. The Morgan fingerprint density at radius 1 is 1.10 bits per heavy atom. The van der Waals surface area contributed by atoms with Gasteiger partial charge in [-0.15, -0.1) is 0 Å². The number of carbonyl (C=O) groups is 1. The van der Waals surface area contributed by atoms with Gasteiger partial charge in [-0.1, -0.05) is 13.0 Å². The first-order valence-electron chi connectivity index (χ1n) is 6.48. The Balaban J connectivity index is 2.46. The molecule has 0 unspecified atom stereocenters. The summed E-state index contributed by atoms with van der Waals surface area (Å²) in [6, 6.07) is 7.48. The third-order valence-corrected chi connectivity index (χ3v) is 2.87. The molecule has 21 heavy (non-hydrogen) atoms. The van der Waals surface area contributed by atoms with E-state index in [1.54, 1.807) is 6.07 Å². The van der Waals surface area contributed by atoms with Gasteiger partial charge in [-0.2, -0.15) is 0 Å². The number of halogens is 2. The van der Waals surface area contributed by atoms with E-state index in [1.807, 2.05) is 6.92 Å². The number of hydrogen-bond acceptors (Lipinski definition) is 2. The summed E-state index contributed by atoms with van der Waals surface area (Å²) in [6.07, 6.45) is 0.746. The molecule has 0 fully saturated rings. The molecule has 0 spiro atoms. The lowest BCUT2D eigenvalue weighted by atomic mass is 10.0. The second-order valence-corrected chi connectivity index (χ2v) is 4.52. The van der Waals surface area contributed by atoms with Crippen LogP contribution in [0, 0.1) is 11.6 Å². The summed E-state index contributed by atoms with van der Waals surface area (Å²) in [5, 5.41) is 9.22.